The first-order chi connectivity index (χ1) is 5.74. The average Bonchev–Trinajstić information content (AvgIpc) is 1.79. The zero-order valence-corrected chi connectivity index (χ0v) is 9.30. The molecule has 0 saturated heterocycles. The summed E-state index contributed by atoms with van der Waals surface area (Å²) in [4.78, 5) is 0. The van der Waals surface area contributed by atoms with Gasteiger partial charge in [-0.15, -0.1) is 0 Å². The Morgan fingerprint density at radius 3 is 1.92 bits per heavy atom. The Bertz CT molecular complexity index is 173. The third-order valence-electron chi connectivity index (χ3n) is 3.45. The summed E-state index contributed by atoms with van der Waals surface area (Å²) in [6.45, 7) is 8.11. The van der Waals surface area contributed by atoms with Crippen LogP contribution in [-0.2, 0) is 0 Å². The van der Waals surface area contributed by atoms with Gasteiger partial charge in [-0.1, -0.05) is 13.8 Å². The van der Waals surface area contributed by atoms with E-state index in [9.17, 15) is 5.11 Å². The highest BCUT2D eigenvalue weighted by Gasteiger charge is 2.44. The average molecular weight is 185 g/mol. The summed E-state index contributed by atoms with van der Waals surface area (Å²) >= 11 is 0. The van der Waals surface area contributed by atoms with Crippen LogP contribution in [0.5, 0.6) is 0 Å². The minimum absolute atomic E-state index is 0.385. The highest BCUT2D eigenvalue weighted by Crippen LogP contribution is 2.40. The summed E-state index contributed by atoms with van der Waals surface area (Å²) < 4.78 is 0. The molecule has 1 fully saturated rings. The monoisotopic (exact) mass is 185 g/mol. The first kappa shape index (κ1) is 11.0. The van der Waals surface area contributed by atoms with Gasteiger partial charge >= 0.3 is 0 Å². The molecule has 0 radical (unpaired) electrons. The van der Waals surface area contributed by atoms with E-state index >= 15 is 0 Å². The lowest BCUT2D eigenvalue weighted by Gasteiger charge is -2.47. The first-order valence-electron chi connectivity index (χ1n) is 5.26. The van der Waals surface area contributed by atoms with E-state index in [0.29, 0.717) is 11.8 Å². The third kappa shape index (κ3) is 2.23. The molecule has 1 saturated carbocycles. The fraction of sp³-hybridized carbons (Fsp3) is 1.00. The van der Waals surface area contributed by atoms with Crippen molar-refractivity contribution >= 4 is 0 Å². The van der Waals surface area contributed by atoms with Gasteiger partial charge in [0, 0.05) is 5.54 Å². The Kier molecular flexibility index (Phi) is 2.75. The maximum atomic E-state index is 10.0. The second-order valence-electron chi connectivity index (χ2n) is 5.57. The van der Waals surface area contributed by atoms with Crippen LogP contribution in [0, 0.1) is 11.8 Å². The molecule has 1 rings (SSSR count). The van der Waals surface area contributed by atoms with Crippen LogP contribution >= 0.6 is 0 Å². The van der Waals surface area contributed by atoms with Crippen LogP contribution in [-0.4, -0.2) is 16.2 Å². The number of hydrogen-bond donors (Lipinski definition) is 2. The Labute approximate surface area is 81.5 Å². The van der Waals surface area contributed by atoms with Gasteiger partial charge in [0.1, 0.15) is 0 Å². The molecular weight excluding hydrogens is 162 g/mol. The van der Waals surface area contributed by atoms with Crippen molar-refractivity contribution < 1.29 is 5.11 Å². The molecule has 0 spiro atoms. The number of nitrogens with two attached hydrogens (primary N) is 1. The lowest BCUT2D eigenvalue weighted by Crippen LogP contribution is -2.60. The summed E-state index contributed by atoms with van der Waals surface area (Å²) in [6.07, 6.45) is 3.14. The van der Waals surface area contributed by atoms with Gasteiger partial charge in [-0.3, -0.25) is 0 Å². The molecule has 0 heterocycles. The third-order valence-corrected chi connectivity index (χ3v) is 3.45. The Morgan fingerprint density at radius 1 is 1.23 bits per heavy atom. The molecule has 0 aromatic rings. The van der Waals surface area contributed by atoms with Gasteiger partial charge < -0.3 is 10.8 Å². The normalized spacial score (nSPS) is 42.0. The van der Waals surface area contributed by atoms with Crippen LogP contribution in [0.4, 0.5) is 0 Å². The van der Waals surface area contributed by atoms with Crippen molar-refractivity contribution in [2.75, 3.05) is 0 Å². The van der Waals surface area contributed by atoms with Gasteiger partial charge in [-0.2, -0.15) is 0 Å². The van der Waals surface area contributed by atoms with Crippen molar-refractivity contribution in [1.82, 2.24) is 0 Å². The van der Waals surface area contributed by atoms with E-state index in [-0.39, 0.29) is 5.54 Å². The maximum absolute atomic E-state index is 10.0. The van der Waals surface area contributed by atoms with Crippen molar-refractivity contribution in [2.45, 2.75) is 58.1 Å². The van der Waals surface area contributed by atoms with E-state index < -0.39 is 5.60 Å². The highest BCUT2D eigenvalue weighted by molar-refractivity contribution is 5.02. The Balaban J connectivity index is 2.78. The smallest absolute Gasteiger partial charge is 0.0770 e. The second-order valence-corrected chi connectivity index (χ2v) is 5.57. The topological polar surface area (TPSA) is 46.2 Å². The van der Waals surface area contributed by atoms with E-state index in [4.69, 9.17) is 5.73 Å². The van der Waals surface area contributed by atoms with Crippen LogP contribution in [0.3, 0.4) is 0 Å². The summed E-state index contributed by atoms with van der Waals surface area (Å²) in [6, 6.07) is 0. The first-order valence-corrected chi connectivity index (χ1v) is 5.26. The molecular formula is C11H23NO. The van der Waals surface area contributed by atoms with Gasteiger partial charge in [0.15, 0.2) is 0 Å². The molecule has 3 N–H and O–H groups in total. The zero-order valence-electron chi connectivity index (χ0n) is 9.30. The summed E-state index contributed by atoms with van der Waals surface area (Å²) in [5, 5.41) is 10.0. The summed E-state index contributed by atoms with van der Waals surface area (Å²) in [5.74, 6) is 1.28. The highest BCUT2D eigenvalue weighted by atomic mass is 16.3. The van der Waals surface area contributed by atoms with E-state index in [0.717, 1.165) is 12.8 Å². The summed E-state index contributed by atoms with van der Waals surface area (Å²) in [7, 11) is 0. The second kappa shape index (κ2) is 3.25. The van der Waals surface area contributed by atoms with Crippen molar-refractivity contribution in [3.05, 3.63) is 0 Å². The molecule has 0 amide bonds. The largest absolute Gasteiger partial charge is 0.389 e. The zero-order chi connectivity index (χ0) is 10.3. The van der Waals surface area contributed by atoms with Crippen molar-refractivity contribution in [1.29, 1.82) is 0 Å². The standard InChI is InChI=1S/C11H23NO/c1-8-5-9(2)7-11(12,6-8)10(3,4)13/h8-9,13H,5-7,12H2,1-4H3. The maximum Gasteiger partial charge on any atom is 0.0770 e. The molecule has 13 heavy (non-hydrogen) atoms. The van der Waals surface area contributed by atoms with Gasteiger partial charge in [-0.05, 0) is 44.9 Å². The van der Waals surface area contributed by atoms with Crippen LogP contribution in [0.25, 0.3) is 0 Å². The SMILES string of the molecule is CC1CC(C)CC(N)(C(C)(C)O)C1. The quantitative estimate of drug-likeness (QED) is 0.655. The van der Waals surface area contributed by atoms with E-state index in [1.165, 1.54) is 6.42 Å². The van der Waals surface area contributed by atoms with Crippen LogP contribution in [0.2, 0.25) is 0 Å². The fourth-order valence-electron chi connectivity index (χ4n) is 2.68. The predicted octanol–water partition coefficient (Wildman–Crippen LogP) is 1.91. The number of aliphatic hydroxyl groups is 1. The van der Waals surface area contributed by atoms with Crippen molar-refractivity contribution in [3.8, 4) is 0 Å². The predicted molar refractivity (Wildman–Crippen MR) is 55.4 cm³/mol. The lowest BCUT2D eigenvalue weighted by atomic mass is 9.65. The number of hydrogen-bond acceptors (Lipinski definition) is 2. The molecule has 78 valence electrons. The van der Waals surface area contributed by atoms with Gasteiger partial charge in [0.2, 0.25) is 0 Å². The van der Waals surface area contributed by atoms with Gasteiger partial charge in [0.05, 0.1) is 5.60 Å². The van der Waals surface area contributed by atoms with E-state index in [1.54, 1.807) is 0 Å². The molecule has 2 unspecified atom stereocenters. The molecule has 1 aliphatic rings. The molecule has 1 aliphatic carbocycles. The molecule has 0 bridgehead atoms. The molecule has 2 atom stereocenters. The van der Waals surface area contributed by atoms with Crippen LogP contribution in [0.1, 0.15) is 47.0 Å². The Hall–Kier alpha value is -0.0800. The molecule has 0 aromatic carbocycles. The van der Waals surface area contributed by atoms with Gasteiger partial charge in [0.25, 0.3) is 0 Å². The lowest BCUT2D eigenvalue weighted by molar-refractivity contribution is -0.0393. The van der Waals surface area contributed by atoms with Crippen LogP contribution in [0.15, 0.2) is 0 Å². The van der Waals surface area contributed by atoms with E-state index in [1.807, 2.05) is 13.8 Å². The molecule has 0 aliphatic heterocycles. The minimum atomic E-state index is -0.754. The molecule has 0 aromatic heterocycles. The fourth-order valence-corrected chi connectivity index (χ4v) is 2.68. The molecule has 2 nitrogen and oxygen atoms in total. The van der Waals surface area contributed by atoms with Crippen molar-refractivity contribution in [2.24, 2.45) is 17.6 Å². The van der Waals surface area contributed by atoms with Gasteiger partial charge in [-0.25, -0.2) is 0 Å². The van der Waals surface area contributed by atoms with Crippen molar-refractivity contribution in [3.63, 3.8) is 0 Å². The van der Waals surface area contributed by atoms with Crippen LogP contribution < -0.4 is 5.73 Å². The van der Waals surface area contributed by atoms with E-state index in [2.05, 4.69) is 13.8 Å². The molecule has 2 heteroatoms. The minimum Gasteiger partial charge on any atom is -0.389 e. The Morgan fingerprint density at radius 2 is 1.62 bits per heavy atom. The summed E-state index contributed by atoms with van der Waals surface area (Å²) in [5.41, 5.74) is 5.13. The number of rotatable bonds is 1.